The molecule has 2 fully saturated rings. The maximum Gasteiger partial charge on any atom is 0.142 e. The Morgan fingerprint density at radius 2 is 2.05 bits per heavy atom. The second kappa shape index (κ2) is 4.93. The molecule has 1 aromatic rings. The largest absolute Gasteiger partial charge is 0.497 e. The van der Waals surface area contributed by atoms with Gasteiger partial charge >= 0.3 is 0 Å². The van der Waals surface area contributed by atoms with Crippen LogP contribution in [0.1, 0.15) is 12.8 Å². The van der Waals surface area contributed by atoms with Crippen molar-refractivity contribution in [3.05, 3.63) is 18.2 Å². The van der Waals surface area contributed by atoms with Gasteiger partial charge in [-0.25, -0.2) is 0 Å². The molecule has 0 atom stereocenters. The molecule has 1 N–H and O–H groups in total. The van der Waals surface area contributed by atoms with Crippen LogP contribution in [0.15, 0.2) is 18.2 Å². The first-order valence-corrected chi connectivity index (χ1v) is 6.94. The topological polar surface area (TPSA) is 33.7 Å². The zero-order valence-corrected chi connectivity index (χ0v) is 11.7. The lowest BCUT2D eigenvalue weighted by atomic mass is 9.75. The number of nitrogens with zero attached hydrogens (tertiary/aromatic N) is 1. The molecule has 104 valence electrons. The Kier molecular flexibility index (Phi) is 3.27. The fraction of sp³-hybridized carbons (Fsp3) is 0.600. The number of anilines is 1. The van der Waals surface area contributed by atoms with E-state index in [9.17, 15) is 0 Å². The summed E-state index contributed by atoms with van der Waals surface area (Å²) in [5.74, 6) is 1.83. The van der Waals surface area contributed by atoms with Gasteiger partial charge in [-0.05, 0) is 25.0 Å². The Morgan fingerprint density at radius 3 is 2.68 bits per heavy atom. The molecule has 19 heavy (non-hydrogen) atoms. The summed E-state index contributed by atoms with van der Waals surface area (Å²) >= 11 is 0. The second-order valence-corrected chi connectivity index (χ2v) is 5.67. The summed E-state index contributed by atoms with van der Waals surface area (Å²) in [6.45, 7) is 4.51. The van der Waals surface area contributed by atoms with Crippen molar-refractivity contribution < 1.29 is 9.47 Å². The van der Waals surface area contributed by atoms with Gasteiger partial charge in [-0.1, -0.05) is 0 Å². The average molecular weight is 262 g/mol. The van der Waals surface area contributed by atoms with Gasteiger partial charge in [-0.3, -0.25) is 0 Å². The number of hydrogen-bond acceptors (Lipinski definition) is 4. The highest BCUT2D eigenvalue weighted by atomic mass is 16.5. The fourth-order valence-corrected chi connectivity index (χ4v) is 3.22. The normalized spacial score (nSPS) is 21.1. The summed E-state index contributed by atoms with van der Waals surface area (Å²) in [5.41, 5.74) is 1.64. The van der Waals surface area contributed by atoms with Crippen molar-refractivity contribution in [3.8, 4) is 11.5 Å². The van der Waals surface area contributed by atoms with Gasteiger partial charge in [0.25, 0.3) is 0 Å². The van der Waals surface area contributed by atoms with Gasteiger partial charge in [0, 0.05) is 37.7 Å². The summed E-state index contributed by atoms with van der Waals surface area (Å²) in [6.07, 6.45) is 2.59. The number of rotatable bonds is 3. The van der Waals surface area contributed by atoms with Crippen LogP contribution in [0.2, 0.25) is 0 Å². The molecular weight excluding hydrogens is 240 g/mol. The van der Waals surface area contributed by atoms with Crippen molar-refractivity contribution in [2.24, 2.45) is 5.41 Å². The van der Waals surface area contributed by atoms with Crippen molar-refractivity contribution in [3.63, 3.8) is 0 Å². The summed E-state index contributed by atoms with van der Waals surface area (Å²) in [7, 11) is 3.44. The van der Waals surface area contributed by atoms with E-state index >= 15 is 0 Å². The molecule has 0 aromatic heterocycles. The van der Waals surface area contributed by atoms with Crippen LogP contribution in [0.4, 0.5) is 5.69 Å². The van der Waals surface area contributed by atoms with Crippen LogP contribution in [0.3, 0.4) is 0 Å². The second-order valence-electron chi connectivity index (χ2n) is 5.67. The number of ether oxygens (including phenoxy) is 2. The van der Waals surface area contributed by atoms with E-state index in [1.807, 2.05) is 12.1 Å². The molecule has 0 radical (unpaired) electrons. The molecular formula is C15H22N2O2. The Bertz CT molecular complexity index is 457. The molecule has 3 rings (SSSR count). The minimum absolute atomic E-state index is 0.479. The monoisotopic (exact) mass is 262 g/mol. The van der Waals surface area contributed by atoms with Crippen LogP contribution in [0.5, 0.6) is 11.5 Å². The predicted molar refractivity (Wildman–Crippen MR) is 76.3 cm³/mol. The van der Waals surface area contributed by atoms with Crippen LogP contribution in [-0.2, 0) is 0 Å². The highest BCUT2D eigenvalue weighted by Gasteiger charge is 2.41. The molecule has 2 heterocycles. The van der Waals surface area contributed by atoms with Gasteiger partial charge in [-0.15, -0.1) is 0 Å². The molecule has 0 saturated carbocycles. The van der Waals surface area contributed by atoms with Gasteiger partial charge in [-0.2, -0.15) is 0 Å². The number of nitrogens with one attached hydrogen (secondary N) is 1. The molecule has 2 aliphatic rings. The molecule has 0 bridgehead atoms. The van der Waals surface area contributed by atoms with E-state index < -0.39 is 0 Å². The molecule has 0 aliphatic carbocycles. The highest BCUT2D eigenvalue weighted by molar-refractivity contribution is 5.62. The molecule has 1 aromatic carbocycles. The molecule has 0 amide bonds. The molecule has 0 unspecified atom stereocenters. The van der Waals surface area contributed by atoms with E-state index in [0.29, 0.717) is 5.41 Å². The summed E-state index contributed by atoms with van der Waals surface area (Å²) in [5, 5.41) is 3.41. The van der Waals surface area contributed by atoms with E-state index in [-0.39, 0.29) is 0 Å². The highest BCUT2D eigenvalue weighted by Crippen LogP contribution is 2.39. The van der Waals surface area contributed by atoms with Gasteiger partial charge in [0.05, 0.1) is 19.9 Å². The fourth-order valence-electron chi connectivity index (χ4n) is 3.22. The van der Waals surface area contributed by atoms with Crippen LogP contribution in [0, 0.1) is 5.41 Å². The first kappa shape index (κ1) is 12.6. The van der Waals surface area contributed by atoms with Crippen LogP contribution < -0.4 is 19.7 Å². The lowest BCUT2D eigenvalue weighted by Gasteiger charge is -2.50. The molecule has 2 aliphatic heterocycles. The Labute approximate surface area is 114 Å². The maximum absolute atomic E-state index is 5.51. The van der Waals surface area contributed by atoms with E-state index in [4.69, 9.17) is 9.47 Å². The smallest absolute Gasteiger partial charge is 0.142 e. The van der Waals surface area contributed by atoms with Crippen LogP contribution in [0.25, 0.3) is 0 Å². The average Bonchev–Trinajstić information content (AvgIpc) is 2.45. The molecule has 1 spiro atoms. The summed E-state index contributed by atoms with van der Waals surface area (Å²) in [6, 6.07) is 6.03. The minimum atomic E-state index is 0.479. The number of methoxy groups -OCH3 is 2. The van der Waals surface area contributed by atoms with Crippen LogP contribution in [-0.4, -0.2) is 40.4 Å². The lowest BCUT2D eigenvalue weighted by molar-refractivity contribution is 0.138. The molecule has 4 nitrogen and oxygen atoms in total. The maximum atomic E-state index is 5.51. The van der Waals surface area contributed by atoms with Gasteiger partial charge in [0.1, 0.15) is 11.5 Å². The number of piperidine rings is 1. The van der Waals surface area contributed by atoms with E-state index in [1.54, 1.807) is 14.2 Å². The van der Waals surface area contributed by atoms with E-state index in [2.05, 4.69) is 16.3 Å². The van der Waals surface area contributed by atoms with Crippen molar-refractivity contribution in [1.82, 2.24) is 5.32 Å². The summed E-state index contributed by atoms with van der Waals surface area (Å²) < 4.78 is 10.8. The van der Waals surface area contributed by atoms with Gasteiger partial charge in [0.15, 0.2) is 0 Å². The predicted octanol–water partition coefficient (Wildman–Crippen LogP) is 1.89. The lowest BCUT2D eigenvalue weighted by Crippen LogP contribution is -2.61. The zero-order valence-electron chi connectivity index (χ0n) is 11.7. The van der Waals surface area contributed by atoms with E-state index in [1.165, 1.54) is 12.8 Å². The Balaban J connectivity index is 1.87. The Hall–Kier alpha value is -1.42. The van der Waals surface area contributed by atoms with Crippen molar-refractivity contribution in [2.45, 2.75) is 12.8 Å². The van der Waals surface area contributed by atoms with Crippen molar-refractivity contribution in [1.29, 1.82) is 0 Å². The summed E-state index contributed by atoms with van der Waals surface area (Å²) in [4.78, 5) is 2.45. The quantitative estimate of drug-likeness (QED) is 0.902. The third-order valence-corrected chi connectivity index (χ3v) is 4.39. The number of hydrogen-bond donors (Lipinski definition) is 1. The zero-order chi connectivity index (χ0) is 13.3. The van der Waals surface area contributed by atoms with Crippen molar-refractivity contribution in [2.75, 3.05) is 45.3 Å². The first-order chi connectivity index (χ1) is 9.26. The minimum Gasteiger partial charge on any atom is -0.497 e. The van der Waals surface area contributed by atoms with E-state index in [0.717, 1.165) is 43.4 Å². The Morgan fingerprint density at radius 1 is 1.21 bits per heavy atom. The third-order valence-electron chi connectivity index (χ3n) is 4.39. The molecule has 4 heteroatoms. The van der Waals surface area contributed by atoms with Crippen molar-refractivity contribution >= 4 is 5.69 Å². The standard InChI is InChI=1S/C15H22N2O2/c1-18-12-4-5-14(19-2)13(8-12)17-7-3-6-15(11-17)9-16-10-15/h4-5,8,16H,3,6-7,9-11H2,1-2H3. The van der Waals surface area contributed by atoms with Gasteiger partial charge < -0.3 is 19.7 Å². The number of benzene rings is 1. The SMILES string of the molecule is COc1ccc(OC)c(N2CCCC3(CNC3)C2)c1. The van der Waals surface area contributed by atoms with Gasteiger partial charge in [0.2, 0.25) is 0 Å². The van der Waals surface area contributed by atoms with Crippen LogP contribution >= 0.6 is 0 Å². The third kappa shape index (κ3) is 2.25. The molecule has 2 saturated heterocycles. The first-order valence-electron chi connectivity index (χ1n) is 6.94.